The molecule has 0 saturated heterocycles. The summed E-state index contributed by atoms with van der Waals surface area (Å²) in [5, 5.41) is 10.1. The Morgan fingerprint density at radius 3 is 2.64 bits per heavy atom. The third kappa shape index (κ3) is 5.24. The summed E-state index contributed by atoms with van der Waals surface area (Å²) in [6.45, 7) is 5.75. The van der Waals surface area contributed by atoms with Gasteiger partial charge in [0, 0.05) is 41.2 Å². The van der Waals surface area contributed by atoms with Crippen molar-refractivity contribution in [2.45, 2.75) is 32.1 Å². The Morgan fingerprint density at radius 1 is 1.15 bits per heavy atom. The largest absolute Gasteiger partial charge is 0.467 e. The number of ketones is 1. The van der Waals surface area contributed by atoms with E-state index in [1.165, 1.54) is 11.8 Å². The lowest BCUT2D eigenvalue weighted by Gasteiger charge is -2.10. The Bertz CT molecular complexity index is 1230. The lowest BCUT2D eigenvalue weighted by Crippen LogP contribution is -2.10. The van der Waals surface area contributed by atoms with Crippen molar-refractivity contribution in [3.63, 3.8) is 0 Å². The number of nitrogens with zero attached hydrogens (tertiary/aromatic N) is 4. The molecule has 0 aliphatic heterocycles. The van der Waals surface area contributed by atoms with Gasteiger partial charge in [-0.1, -0.05) is 23.4 Å². The molecule has 0 fully saturated rings. The predicted molar refractivity (Wildman–Crippen MR) is 129 cm³/mol. The highest BCUT2D eigenvalue weighted by Gasteiger charge is 2.20. The van der Waals surface area contributed by atoms with E-state index < -0.39 is 0 Å². The molecule has 33 heavy (non-hydrogen) atoms. The molecule has 3 aromatic heterocycles. The van der Waals surface area contributed by atoms with Gasteiger partial charge in [0.15, 0.2) is 16.8 Å². The number of carbonyl (C=O) groups excluding carboxylic acids is 1. The maximum atomic E-state index is 13.1. The van der Waals surface area contributed by atoms with Crippen LogP contribution in [0.2, 0.25) is 5.02 Å². The van der Waals surface area contributed by atoms with Crippen LogP contribution < -0.4 is 0 Å². The molecule has 4 aromatic rings. The Labute approximate surface area is 201 Å². The average Bonchev–Trinajstić information content (AvgIpc) is 3.52. The Hall–Kier alpha value is -2.81. The number of Topliss-reactive ketones (excluding diaryl/α,β-unsaturated/α-hetero) is 1. The van der Waals surface area contributed by atoms with Gasteiger partial charge in [0.05, 0.1) is 25.2 Å². The second kappa shape index (κ2) is 10.4. The van der Waals surface area contributed by atoms with Crippen LogP contribution in [0, 0.1) is 13.8 Å². The fourth-order valence-electron chi connectivity index (χ4n) is 3.73. The molecular weight excluding hydrogens is 460 g/mol. The van der Waals surface area contributed by atoms with E-state index in [4.69, 9.17) is 20.8 Å². The number of rotatable bonds is 10. The molecule has 172 valence electrons. The molecule has 0 N–H and O–H groups in total. The minimum atomic E-state index is 0.0531. The third-order valence-electron chi connectivity index (χ3n) is 5.44. The second-order valence-electron chi connectivity index (χ2n) is 7.62. The Kier molecular flexibility index (Phi) is 7.37. The first-order valence-electron chi connectivity index (χ1n) is 10.5. The summed E-state index contributed by atoms with van der Waals surface area (Å²) in [5.41, 5.74) is 3.61. The first-order valence-corrected chi connectivity index (χ1v) is 11.9. The molecule has 0 aliphatic carbocycles. The minimum absolute atomic E-state index is 0.0531. The van der Waals surface area contributed by atoms with E-state index in [-0.39, 0.29) is 11.5 Å². The number of ether oxygens (including phenoxy) is 1. The smallest absolute Gasteiger partial charge is 0.192 e. The van der Waals surface area contributed by atoms with Gasteiger partial charge in [-0.25, -0.2) is 0 Å². The molecule has 0 spiro atoms. The van der Waals surface area contributed by atoms with Crippen LogP contribution in [-0.4, -0.2) is 44.6 Å². The summed E-state index contributed by atoms with van der Waals surface area (Å²) in [6, 6.07) is 13.1. The second-order valence-corrected chi connectivity index (χ2v) is 9.00. The van der Waals surface area contributed by atoms with Gasteiger partial charge in [-0.3, -0.25) is 9.36 Å². The van der Waals surface area contributed by atoms with Crippen molar-refractivity contribution in [1.29, 1.82) is 0 Å². The summed E-state index contributed by atoms with van der Waals surface area (Å²) in [5.74, 6) is 1.78. The lowest BCUT2D eigenvalue weighted by molar-refractivity contribution is 0.102. The molecule has 9 heteroatoms. The zero-order valence-electron chi connectivity index (χ0n) is 18.7. The molecule has 0 radical (unpaired) electrons. The lowest BCUT2D eigenvalue weighted by atomic mass is 10.2. The van der Waals surface area contributed by atoms with E-state index in [9.17, 15) is 4.79 Å². The van der Waals surface area contributed by atoms with Crippen molar-refractivity contribution in [3.05, 3.63) is 76.5 Å². The van der Waals surface area contributed by atoms with Crippen LogP contribution in [0.5, 0.6) is 0 Å². The molecule has 7 nitrogen and oxygen atoms in total. The number of carbonyl (C=O) groups is 1. The van der Waals surface area contributed by atoms with Crippen molar-refractivity contribution in [3.8, 4) is 11.4 Å². The molecule has 3 heterocycles. The highest BCUT2D eigenvalue weighted by molar-refractivity contribution is 7.99. The fraction of sp³-hybridized carbons (Fsp3) is 0.292. The van der Waals surface area contributed by atoms with E-state index in [1.807, 2.05) is 60.9 Å². The van der Waals surface area contributed by atoms with Gasteiger partial charge >= 0.3 is 0 Å². The van der Waals surface area contributed by atoms with E-state index in [0.29, 0.717) is 29.2 Å². The van der Waals surface area contributed by atoms with Gasteiger partial charge in [0.2, 0.25) is 0 Å². The van der Waals surface area contributed by atoms with Gasteiger partial charge in [0.25, 0.3) is 0 Å². The summed E-state index contributed by atoms with van der Waals surface area (Å²) in [4.78, 5) is 13.1. The SMILES string of the molecule is COCCn1c(C)cc(C(=O)CSc2nnc(-c3ccc(Cl)cc3)n2Cc2ccco2)c1C. The van der Waals surface area contributed by atoms with Crippen LogP contribution in [0.4, 0.5) is 0 Å². The van der Waals surface area contributed by atoms with E-state index >= 15 is 0 Å². The number of thioether (sulfide) groups is 1. The molecule has 0 unspecified atom stereocenters. The fourth-order valence-corrected chi connectivity index (χ4v) is 4.67. The van der Waals surface area contributed by atoms with Crippen molar-refractivity contribution < 1.29 is 13.9 Å². The van der Waals surface area contributed by atoms with Gasteiger partial charge in [-0.15, -0.1) is 10.2 Å². The summed E-state index contributed by atoms with van der Waals surface area (Å²) in [6.07, 6.45) is 1.64. The molecule has 4 rings (SSSR count). The normalized spacial score (nSPS) is 11.3. The minimum Gasteiger partial charge on any atom is -0.467 e. The molecule has 0 amide bonds. The summed E-state index contributed by atoms with van der Waals surface area (Å²) >= 11 is 7.42. The van der Waals surface area contributed by atoms with Crippen LogP contribution in [0.1, 0.15) is 27.5 Å². The average molecular weight is 485 g/mol. The number of methoxy groups -OCH3 is 1. The van der Waals surface area contributed by atoms with Crippen LogP contribution in [-0.2, 0) is 17.8 Å². The number of hydrogen-bond donors (Lipinski definition) is 0. The van der Waals surface area contributed by atoms with Crippen molar-refractivity contribution in [2.24, 2.45) is 0 Å². The van der Waals surface area contributed by atoms with E-state index in [0.717, 1.165) is 34.8 Å². The third-order valence-corrected chi connectivity index (χ3v) is 6.66. The first kappa shape index (κ1) is 23.4. The number of hydrogen-bond acceptors (Lipinski definition) is 6. The molecule has 0 atom stereocenters. The maximum absolute atomic E-state index is 13.1. The standard InChI is InChI=1S/C24H25ClN4O3S/c1-16-13-21(17(2)28(16)10-12-31-3)22(30)15-33-24-27-26-23(18-6-8-19(25)9-7-18)29(24)14-20-5-4-11-32-20/h4-9,11,13H,10,12,14-15H2,1-3H3. The molecule has 1 aromatic carbocycles. The van der Waals surface area contributed by atoms with Crippen molar-refractivity contribution in [2.75, 3.05) is 19.5 Å². The van der Waals surface area contributed by atoms with Crippen LogP contribution in [0.3, 0.4) is 0 Å². The zero-order chi connectivity index (χ0) is 23.4. The number of furan rings is 1. The highest BCUT2D eigenvalue weighted by atomic mass is 35.5. The summed E-state index contributed by atoms with van der Waals surface area (Å²) < 4.78 is 14.8. The van der Waals surface area contributed by atoms with Crippen molar-refractivity contribution in [1.82, 2.24) is 19.3 Å². The van der Waals surface area contributed by atoms with E-state index in [1.54, 1.807) is 13.4 Å². The maximum Gasteiger partial charge on any atom is 0.192 e. The highest BCUT2D eigenvalue weighted by Crippen LogP contribution is 2.27. The molecule has 0 bridgehead atoms. The molecular formula is C24H25ClN4O3S. The summed E-state index contributed by atoms with van der Waals surface area (Å²) in [7, 11) is 1.67. The molecule has 0 aliphatic rings. The van der Waals surface area contributed by atoms with E-state index in [2.05, 4.69) is 14.8 Å². The Balaban J connectivity index is 1.57. The first-order chi connectivity index (χ1) is 16.0. The zero-order valence-corrected chi connectivity index (χ0v) is 20.3. The quantitative estimate of drug-likeness (QED) is 0.225. The van der Waals surface area contributed by atoms with Gasteiger partial charge < -0.3 is 13.7 Å². The predicted octanol–water partition coefficient (Wildman–Crippen LogP) is 5.28. The van der Waals surface area contributed by atoms with Gasteiger partial charge in [0.1, 0.15) is 5.76 Å². The van der Waals surface area contributed by atoms with Gasteiger partial charge in [-0.05, 0) is 56.3 Å². The van der Waals surface area contributed by atoms with Crippen LogP contribution in [0.25, 0.3) is 11.4 Å². The number of halogens is 1. The Morgan fingerprint density at radius 2 is 1.94 bits per heavy atom. The number of aromatic nitrogens is 4. The monoisotopic (exact) mass is 484 g/mol. The number of benzene rings is 1. The van der Waals surface area contributed by atoms with Crippen molar-refractivity contribution >= 4 is 29.1 Å². The molecule has 0 saturated carbocycles. The number of aryl methyl sites for hydroxylation is 1. The van der Waals surface area contributed by atoms with Crippen LogP contribution in [0.15, 0.2) is 58.3 Å². The van der Waals surface area contributed by atoms with Gasteiger partial charge in [-0.2, -0.15) is 0 Å². The topological polar surface area (TPSA) is 75.1 Å². The van der Waals surface area contributed by atoms with Crippen LogP contribution >= 0.6 is 23.4 Å².